The SMILES string of the molecule is CC(C)C[C@H](NC(=O)[C@@H](OC(=O)C[C@H](O[Si](C)(C)C(C)(C)C)C(N)C(C)C)C(C)C)C(=O)N[C@@H](C)C(=O)OCc1ccccc1. The van der Waals surface area contributed by atoms with Gasteiger partial charge in [-0.15, -0.1) is 0 Å². The molecule has 10 nitrogen and oxygen atoms in total. The van der Waals surface area contributed by atoms with Crippen LogP contribution in [0.3, 0.4) is 0 Å². The Morgan fingerprint density at radius 3 is 1.93 bits per heavy atom. The molecular formula is C34H59N3O7Si. The van der Waals surface area contributed by atoms with Crippen molar-refractivity contribution in [3.63, 3.8) is 0 Å². The number of hydrogen-bond donors (Lipinski definition) is 3. The molecule has 1 rings (SSSR count). The highest BCUT2D eigenvalue weighted by atomic mass is 28.4. The first-order chi connectivity index (χ1) is 20.7. The van der Waals surface area contributed by atoms with Crippen molar-refractivity contribution < 1.29 is 33.1 Å². The van der Waals surface area contributed by atoms with Gasteiger partial charge in [0, 0.05) is 6.04 Å². The molecule has 1 unspecified atom stereocenters. The van der Waals surface area contributed by atoms with E-state index in [-0.39, 0.29) is 35.8 Å². The highest BCUT2D eigenvalue weighted by Crippen LogP contribution is 2.38. The Bertz CT molecular complexity index is 1100. The van der Waals surface area contributed by atoms with Crippen LogP contribution in [0.15, 0.2) is 30.3 Å². The average molecular weight is 650 g/mol. The van der Waals surface area contributed by atoms with Crippen LogP contribution in [0.2, 0.25) is 18.1 Å². The van der Waals surface area contributed by atoms with Gasteiger partial charge in [0.2, 0.25) is 5.91 Å². The first kappa shape index (κ1) is 40.3. The number of nitrogens with one attached hydrogen (secondary N) is 2. The summed E-state index contributed by atoms with van der Waals surface area (Å²) in [5.41, 5.74) is 7.32. The van der Waals surface area contributed by atoms with Crippen molar-refractivity contribution in [3.05, 3.63) is 35.9 Å². The first-order valence-electron chi connectivity index (χ1n) is 16.1. The third kappa shape index (κ3) is 13.6. The molecule has 0 aliphatic rings. The fourth-order valence-electron chi connectivity index (χ4n) is 4.27. The van der Waals surface area contributed by atoms with Crippen molar-refractivity contribution in [1.29, 1.82) is 0 Å². The second kappa shape index (κ2) is 17.8. The van der Waals surface area contributed by atoms with Gasteiger partial charge in [-0.2, -0.15) is 0 Å². The molecule has 256 valence electrons. The Labute approximate surface area is 272 Å². The molecule has 0 saturated carbocycles. The smallest absolute Gasteiger partial charge is 0.328 e. The Balaban J connectivity index is 2.98. The summed E-state index contributed by atoms with van der Waals surface area (Å²) >= 11 is 0. The lowest BCUT2D eigenvalue weighted by molar-refractivity contribution is -0.161. The number of carbonyl (C=O) groups is 4. The molecule has 0 bridgehead atoms. The number of benzene rings is 1. The minimum atomic E-state index is -2.27. The highest BCUT2D eigenvalue weighted by Gasteiger charge is 2.42. The van der Waals surface area contributed by atoms with Gasteiger partial charge in [0.05, 0.1) is 12.5 Å². The molecule has 0 aliphatic heterocycles. The predicted octanol–water partition coefficient (Wildman–Crippen LogP) is 5.10. The van der Waals surface area contributed by atoms with E-state index in [2.05, 4.69) is 44.5 Å². The van der Waals surface area contributed by atoms with Crippen molar-refractivity contribution in [2.45, 2.75) is 137 Å². The molecule has 0 radical (unpaired) electrons. The summed E-state index contributed by atoms with van der Waals surface area (Å²) in [6.45, 7) is 23.5. The van der Waals surface area contributed by atoms with Gasteiger partial charge in [-0.25, -0.2) is 4.79 Å². The van der Waals surface area contributed by atoms with Gasteiger partial charge in [-0.05, 0) is 54.8 Å². The third-order valence-corrected chi connectivity index (χ3v) is 12.7. The molecular weight excluding hydrogens is 590 g/mol. The Morgan fingerprint density at radius 2 is 1.44 bits per heavy atom. The highest BCUT2D eigenvalue weighted by molar-refractivity contribution is 6.74. The minimum Gasteiger partial charge on any atom is -0.459 e. The van der Waals surface area contributed by atoms with Crippen LogP contribution in [0, 0.1) is 17.8 Å². The van der Waals surface area contributed by atoms with Crippen molar-refractivity contribution in [1.82, 2.24) is 10.6 Å². The molecule has 2 amide bonds. The molecule has 0 spiro atoms. The van der Waals surface area contributed by atoms with E-state index in [0.717, 1.165) is 5.56 Å². The second-order valence-corrected chi connectivity index (χ2v) is 19.4. The fraction of sp³-hybridized carbons (Fsp3) is 0.706. The van der Waals surface area contributed by atoms with Gasteiger partial charge < -0.3 is 30.3 Å². The minimum absolute atomic E-state index is 0.0483. The maximum absolute atomic E-state index is 13.5. The summed E-state index contributed by atoms with van der Waals surface area (Å²) in [6.07, 6.45) is -1.50. The number of esters is 2. The van der Waals surface area contributed by atoms with E-state index in [1.54, 1.807) is 13.8 Å². The number of rotatable bonds is 17. The van der Waals surface area contributed by atoms with Crippen LogP contribution in [0.4, 0.5) is 0 Å². The summed E-state index contributed by atoms with van der Waals surface area (Å²) < 4.78 is 17.6. The zero-order valence-corrected chi connectivity index (χ0v) is 30.6. The van der Waals surface area contributed by atoms with Gasteiger partial charge in [-0.1, -0.05) is 92.6 Å². The summed E-state index contributed by atoms with van der Waals surface area (Å²) in [7, 11) is -2.27. The molecule has 4 N–H and O–H groups in total. The normalized spacial score (nSPS) is 15.6. The molecule has 0 fully saturated rings. The maximum atomic E-state index is 13.5. The second-order valence-electron chi connectivity index (χ2n) is 14.6. The van der Waals surface area contributed by atoms with Gasteiger partial charge in [0.1, 0.15) is 18.7 Å². The summed E-state index contributed by atoms with van der Waals surface area (Å²) in [5.74, 6) is -2.57. The van der Waals surface area contributed by atoms with Crippen LogP contribution in [0.25, 0.3) is 0 Å². The largest absolute Gasteiger partial charge is 0.459 e. The van der Waals surface area contributed by atoms with Crippen LogP contribution in [0.1, 0.15) is 87.6 Å². The quantitative estimate of drug-likeness (QED) is 0.156. The van der Waals surface area contributed by atoms with Crippen LogP contribution >= 0.6 is 0 Å². The molecule has 0 aliphatic carbocycles. The maximum Gasteiger partial charge on any atom is 0.328 e. The average Bonchev–Trinajstić information content (AvgIpc) is 2.92. The van der Waals surface area contributed by atoms with Gasteiger partial charge >= 0.3 is 11.9 Å². The third-order valence-electron chi connectivity index (χ3n) is 8.22. The molecule has 45 heavy (non-hydrogen) atoms. The Hall–Kier alpha value is -2.76. The van der Waals surface area contributed by atoms with Crippen LogP contribution in [0.5, 0.6) is 0 Å². The molecule has 0 aromatic heterocycles. The molecule has 5 atom stereocenters. The zero-order valence-electron chi connectivity index (χ0n) is 29.6. The number of carbonyl (C=O) groups excluding carboxylic acids is 4. The molecule has 0 saturated heterocycles. The monoisotopic (exact) mass is 649 g/mol. The predicted molar refractivity (Wildman–Crippen MR) is 179 cm³/mol. The first-order valence-corrected chi connectivity index (χ1v) is 19.0. The molecule has 0 heterocycles. The Kier molecular flexibility index (Phi) is 15.9. The molecule has 1 aromatic carbocycles. The van der Waals surface area contributed by atoms with E-state index in [1.165, 1.54) is 6.92 Å². The number of amides is 2. The van der Waals surface area contributed by atoms with Gasteiger partial charge in [0.15, 0.2) is 14.4 Å². The van der Waals surface area contributed by atoms with Crippen molar-refractivity contribution >= 4 is 32.1 Å². The molecule has 11 heteroatoms. The van der Waals surface area contributed by atoms with E-state index in [9.17, 15) is 19.2 Å². The number of hydrogen-bond acceptors (Lipinski definition) is 8. The summed E-state index contributed by atoms with van der Waals surface area (Å²) in [6, 6.07) is 6.94. The van der Waals surface area contributed by atoms with Crippen molar-refractivity contribution in [3.8, 4) is 0 Å². The lowest BCUT2D eigenvalue weighted by Gasteiger charge is -2.41. The van der Waals surface area contributed by atoms with Crippen LogP contribution in [-0.4, -0.2) is 62.4 Å². The van der Waals surface area contributed by atoms with Crippen LogP contribution in [-0.2, 0) is 39.7 Å². The molecule has 1 aromatic rings. The fourth-order valence-corrected chi connectivity index (χ4v) is 5.62. The number of nitrogens with two attached hydrogens (primary N) is 1. The van der Waals surface area contributed by atoms with E-state index in [1.807, 2.05) is 58.0 Å². The van der Waals surface area contributed by atoms with Crippen molar-refractivity contribution in [2.75, 3.05) is 0 Å². The van der Waals surface area contributed by atoms with Crippen LogP contribution < -0.4 is 16.4 Å². The topological polar surface area (TPSA) is 146 Å². The zero-order chi connectivity index (χ0) is 34.7. The van der Waals surface area contributed by atoms with E-state index >= 15 is 0 Å². The number of ether oxygens (including phenoxy) is 2. The van der Waals surface area contributed by atoms with Crippen molar-refractivity contribution in [2.24, 2.45) is 23.5 Å². The lowest BCUT2D eigenvalue weighted by atomic mass is 9.97. The van der Waals surface area contributed by atoms with E-state index in [4.69, 9.17) is 19.6 Å². The lowest BCUT2D eigenvalue weighted by Crippen LogP contribution is -2.54. The standard InChI is InChI=1S/C34H59N3O7Si/c1-21(2)18-26(31(39)36-24(7)33(41)42-20-25-16-14-13-15-17-25)37-32(40)30(23(5)6)43-28(38)19-27(29(35)22(3)4)44-45(11,12)34(8,9)10/h13-17,21-24,26-27,29-30H,18-20,35H2,1-12H3,(H,36,39)(H,37,40)/t24-,26-,27-,29?,30-/m0/s1. The summed E-state index contributed by atoms with van der Waals surface area (Å²) in [4.78, 5) is 52.5. The van der Waals surface area contributed by atoms with E-state index in [0.29, 0.717) is 6.42 Å². The Morgan fingerprint density at radius 1 is 0.867 bits per heavy atom. The van der Waals surface area contributed by atoms with Gasteiger partial charge in [0.25, 0.3) is 5.91 Å². The van der Waals surface area contributed by atoms with E-state index < -0.39 is 62.4 Å². The summed E-state index contributed by atoms with van der Waals surface area (Å²) in [5, 5.41) is 5.33. The van der Waals surface area contributed by atoms with Gasteiger partial charge in [-0.3, -0.25) is 14.4 Å².